The van der Waals surface area contributed by atoms with E-state index in [9.17, 15) is 0 Å². The van der Waals surface area contributed by atoms with Crippen LogP contribution in [-0.2, 0) is 13.1 Å². The molecule has 0 aliphatic heterocycles. The van der Waals surface area contributed by atoms with Crippen LogP contribution in [0.25, 0.3) is 16.6 Å². The minimum absolute atomic E-state index is 0.570. The summed E-state index contributed by atoms with van der Waals surface area (Å²) in [5, 5.41) is 11.2. The van der Waals surface area contributed by atoms with E-state index in [4.69, 9.17) is 4.74 Å². The van der Waals surface area contributed by atoms with Gasteiger partial charge in [0.15, 0.2) is 11.0 Å². The molecule has 0 aliphatic carbocycles. The van der Waals surface area contributed by atoms with Crippen molar-refractivity contribution >= 4 is 22.7 Å². The lowest BCUT2D eigenvalue weighted by molar-refractivity contribution is 0.309. The molecule has 166 valence electrons. The van der Waals surface area contributed by atoms with E-state index in [2.05, 4.69) is 75.9 Å². The van der Waals surface area contributed by atoms with Crippen molar-refractivity contribution in [3.8, 4) is 11.4 Å². The molecular weight excluding hydrogens is 418 g/mol. The van der Waals surface area contributed by atoms with Gasteiger partial charge in [-0.3, -0.25) is 14.5 Å². The van der Waals surface area contributed by atoms with Crippen molar-refractivity contribution in [2.75, 3.05) is 19.9 Å². The van der Waals surface area contributed by atoms with Crippen molar-refractivity contribution in [2.45, 2.75) is 32.1 Å². The third-order valence-electron chi connectivity index (χ3n) is 5.13. The molecule has 4 rings (SSSR count). The third kappa shape index (κ3) is 5.11. The Labute approximate surface area is 193 Å². The number of ether oxygens (including phenoxy) is 1. The molecule has 0 fully saturated rings. The lowest BCUT2D eigenvalue weighted by Crippen LogP contribution is -2.20. The van der Waals surface area contributed by atoms with Crippen LogP contribution in [0.1, 0.15) is 25.2 Å². The van der Waals surface area contributed by atoms with Gasteiger partial charge in [-0.25, -0.2) is 0 Å². The highest BCUT2D eigenvalue weighted by atomic mass is 32.2. The van der Waals surface area contributed by atoms with Crippen LogP contribution in [0, 0.1) is 5.92 Å². The zero-order valence-electron chi connectivity index (χ0n) is 19.0. The molecule has 0 saturated carbocycles. The maximum Gasteiger partial charge on any atom is 0.195 e. The van der Waals surface area contributed by atoms with E-state index in [0.29, 0.717) is 12.5 Å². The van der Waals surface area contributed by atoms with Crippen molar-refractivity contribution < 1.29 is 4.74 Å². The van der Waals surface area contributed by atoms with Gasteiger partial charge in [-0.15, -0.1) is 10.2 Å². The predicted molar refractivity (Wildman–Crippen MR) is 130 cm³/mol. The van der Waals surface area contributed by atoms with Gasteiger partial charge in [0.1, 0.15) is 5.75 Å². The fourth-order valence-corrected chi connectivity index (χ4v) is 4.55. The van der Waals surface area contributed by atoms with Crippen molar-refractivity contribution in [1.82, 2.24) is 24.6 Å². The van der Waals surface area contributed by atoms with Crippen LogP contribution >= 0.6 is 11.8 Å². The summed E-state index contributed by atoms with van der Waals surface area (Å²) in [7, 11) is 3.79. The topological polar surface area (TPSA) is 56.1 Å². The molecule has 32 heavy (non-hydrogen) atoms. The molecule has 0 aliphatic rings. The molecule has 6 nitrogen and oxygen atoms in total. The molecule has 0 spiro atoms. The number of rotatable bonds is 9. The fourth-order valence-electron chi connectivity index (χ4n) is 3.63. The van der Waals surface area contributed by atoms with Gasteiger partial charge in [0, 0.05) is 29.9 Å². The number of methoxy groups -OCH3 is 1. The number of fused-ring (bicyclic) bond motifs is 1. The van der Waals surface area contributed by atoms with E-state index >= 15 is 0 Å². The number of nitrogens with zero attached hydrogens (tertiary/aromatic N) is 5. The molecular formula is C25H29N5OS. The molecule has 0 saturated heterocycles. The average Bonchev–Trinajstić information content (AvgIpc) is 3.20. The van der Waals surface area contributed by atoms with Crippen molar-refractivity contribution in [3.63, 3.8) is 0 Å². The van der Waals surface area contributed by atoms with Crippen LogP contribution in [0.5, 0.6) is 5.75 Å². The van der Waals surface area contributed by atoms with Crippen LogP contribution in [0.15, 0.2) is 66.0 Å². The van der Waals surface area contributed by atoms with Gasteiger partial charge in [0.05, 0.1) is 24.9 Å². The van der Waals surface area contributed by atoms with E-state index in [1.54, 1.807) is 18.9 Å². The van der Waals surface area contributed by atoms with E-state index in [1.165, 1.54) is 5.56 Å². The lowest BCUT2D eigenvalue weighted by Gasteiger charge is -2.18. The van der Waals surface area contributed by atoms with Gasteiger partial charge < -0.3 is 4.74 Å². The number of hydrogen-bond donors (Lipinski definition) is 0. The number of benzene rings is 2. The van der Waals surface area contributed by atoms with Gasteiger partial charge in [0.2, 0.25) is 0 Å². The zero-order chi connectivity index (χ0) is 22.5. The molecule has 2 aromatic carbocycles. The minimum atomic E-state index is 0.570. The molecule has 4 aromatic rings. The summed E-state index contributed by atoms with van der Waals surface area (Å²) in [6.45, 7) is 5.86. The second-order valence-electron chi connectivity index (χ2n) is 8.31. The molecule has 7 heteroatoms. The Kier molecular flexibility index (Phi) is 7.07. The number of aromatic nitrogens is 4. The summed E-state index contributed by atoms with van der Waals surface area (Å²) in [6, 6.07) is 18.5. The molecule has 0 unspecified atom stereocenters. The summed E-state index contributed by atoms with van der Waals surface area (Å²) in [5.41, 5.74) is 3.26. The zero-order valence-corrected chi connectivity index (χ0v) is 19.8. The molecule has 0 atom stereocenters. The number of para-hydroxylation sites is 1. The fraction of sp³-hybridized carbons (Fsp3) is 0.320. The summed E-state index contributed by atoms with van der Waals surface area (Å²) in [4.78, 5) is 6.84. The van der Waals surface area contributed by atoms with Gasteiger partial charge in [-0.05, 0) is 36.7 Å². The minimum Gasteiger partial charge on any atom is -0.497 e. The number of pyridine rings is 1. The number of hydrogen-bond acceptors (Lipinski definition) is 6. The quantitative estimate of drug-likeness (QED) is 0.329. The summed E-state index contributed by atoms with van der Waals surface area (Å²) in [5.74, 6) is 3.28. The molecule has 2 heterocycles. The van der Waals surface area contributed by atoms with Gasteiger partial charge in [-0.2, -0.15) is 0 Å². The van der Waals surface area contributed by atoms with Gasteiger partial charge in [0.25, 0.3) is 0 Å². The van der Waals surface area contributed by atoms with Crippen molar-refractivity contribution in [2.24, 2.45) is 5.92 Å². The molecule has 2 aromatic heterocycles. The Morgan fingerprint density at radius 2 is 1.84 bits per heavy atom. The summed E-state index contributed by atoms with van der Waals surface area (Å²) >= 11 is 1.74. The third-order valence-corrected chi connectivity index (χ3v) is 6.48. The Balaban J connectivity index is 1.62. The highest BCUT2D eigenvalue weighted by Gasteiger charge is 2.17. The van der Waals surface area contributed by atoms with Crippen LogP contribution in [-0.4, -0.2) is 44.6 Å². The van der Waals surface area contributed by atoms with Crippen LogP contribution in [0.3, 0.4) is 0 Å². The second kappa shape index (κ2) is 10.1. The molecule has 0 bridgehead atoms. The van der Waals surface area contributed by atoms with Gasteiger partial charge >= 0.3 is 0 Å². The normalized spacial score (nSPS) is 11.6. The Morgan fingerprint density at radius 1 is 1.03 bits per heavy atom. The van der Waals surface area contributed by atoms with E-state index < -0.39 is 0 Å². The Hall–Kier alpha value is -2.90. The monoisotopic (exact) mass is 447 g/mol. The summed E-state index contributed by atoms with van der Waals surface area (Å²) in [6.07, 6.45) is 1.85. The molecule has 0 radical (unpaired) electrons. The Morgan fingerprint density at radius 3 is 2.66 bits per heavy atom. The Bertz CT molecular complexity index is 1180. The SMILES string of the molecule is COc1cccc(-n2c(CN(C)Cc3cccc4cccnc34)nnc2SCC(C)C)c1. The van der Waals surface area contributed by atoms with Crippen molar-refractivity contribution in [1.29, 1.82) is 0 Å². The maximum absolute atomic E-state index is 5.45. The molecule has 0 amide bonds. The first kappa shape index (κ1) is 22.3. The average molecular weight is 448 g/mol. The molecule has 0 N–H and O–H groups in total. The van der Waals surface area contributed by atoms with Crippen LogP contribution < -0.4 is 4.74 Å². The lowest BCUT2D eigenvalue weighted by atomic mass is 10.1. The predicted octanol–water partition coefficient (Wildman–Crippen LogP) is 5.20. The smallest absolute Gasteiger partial charge is 0.195 e. The highest BCUT2D eigenvalue weighted by Crippen LogP contribution is 2.27. The van der Waals surface area contributed by atoms with E-state index in [-0.39, 0.29) is 0 Å². The van der Waals surface area contributed by atoms with Gasteiger partial charge in [-0.1, -0.05) is 55.9 Å². The first-order valence-electron chi connectivity index (χ1n) is 10.8. The highest BCUT2D eigenvalue weighted by molar-refractivity contribution is 7.99. The largest absolute Gasteiger partial charge is 0.497 e. The first-order valence-corrected chi connectivity index (χ1v) is 11.8. The van der Waals surface area contributed by atoms with E-state index in [1.807, 2.05) is 30.5 Å². The van der Waals surface area contributed by atoms with Crippen LogP contribution in [0.2, 0.25) is 0 Å². The standard InChI is InChI=1S/C25H29N5OS/c1-18(2)17-32-25-28-27-23(30(25)21-11-6-12-22(14-21)31-4)16-29(3)15-20-9-5-8-19-10-7-13-26-24(19)20/h5-14,18H,15-17H2,1-4H3. The maximum atomic E-state index is 5.45. The second-order valence-corrected chi connectivity index (χ2v) is 9.29. The summed E-state index contributed by atoms with van der Waals surface area (Å²) < 4.78 is 7.60. The van der Waals surface area contributed by atoms with Crippen molar-refractivity contribution in [3.05, 3.63) is 72.2 Å². The van der Waals surface area contributed by atoms with Crippen LogP contribution in [0.4, 0.5) is 0 Å². The van der Waals surface area contributed by atoms with E-state index in [0.717, 1.165) is 45.6 Å². The first-order chi connectivity index (χ1) is 15.5. The number of thioether (sulfide) groups is 1.